The molecule has 6 heteroatoms. The van der Waals surface area contributed by atoms with E-state index in [-0.39, 0.29) is 6.04 Å². The highest BCUT2D eigenvalue weighted by atomic mass is 19.1. The summed E-state index contributed by atoms with van der Waals surface area (Å²) in [6.45, 7) is 1.31. The molecule has 27 heavy (non-hydrogen) atoms. The molecule has 2 aromatic rings. The molecule has 2 aromatic carbocycles. The molecular weight excluding hydrogens is 352 g/mol. The van der Waals surface area contributed by atoms with Gasteiger partial charge in [0.15, 0.2) is 6.61 Å². The van der Waals surface area contributed by atoms with Crippen LogP contribution in [0.5, 0.6) is 0 Å². The summed E-state index contributed by atoms with van der Waals surface area (Å²) in [4.78, 5) is 23.9. The molecule has 0 fully saturated rings. The number of amides is 1. The van der Waals surface area contributed by atoms with Crippen LogP contribution in [0.4, 0.5) is 8.78 Å². The number of aryl methyl sites for hydroxylation is 2. The van der Waals surface area contributed by atoms with Gasteiger partial charge in [-0.25, -0.2) is 13.6 Å². The zero-order chi connectivity index (χ0) is 19.4. The van der Waals surface area contributed by atoms with E-state index in [0.29, 0.717) is 6.07 Å². The summed E-state index contributed by atoms with van der Waals surface area (Å²) in [5.41, 5.74) is 3.25. The molecule has 1 amide bonds. The SMILES string of the molecule is CC(NC(=O)COC(=O)c1ccc(F)cc1F)c1ccc2c(c1)CCCC2. The van der Waals surface area contributed by atoms with E-state index in [9.17, 15) is 18.4 Å². The van der Waals surface area contributed by atoms with E-state index in [1.165, 1.54) is 24.0 Å². The van der Waals surface area contributed by atoms with Gasteiger partial charge < -0.3 is 10.1 Å². The average Bonchev–Trinajstić information content (AvgIpc) is 2.65. The predicted molar refractivity (Wildman–Crippen MR) is 96.3 cm³/mol. The van der Waals surface area contributed by atoms with Gasteiger partial charge in [-0.3, -0.25) is 4.79 Å². The molecule has 1 unspecified atom stereocenters. The second-order valence-corrected chi connectivity index (χ2v) is 6.72. The van der Waals surface area contributed by atoms with Gasteiger partial charge in [0, 0.05) is 6.07 Å². The minimum Gasteiger partial charge on any atom is -0.452 e. The van der Waals surface area contributed by atoms with E-state index in [4.69, 9.17) is 4.74 Å². The standard InChI is InChI=1S/C21H21F2NO3/c1-13(15-7-6-14-4-2-3-5-16(14)10-15)24-20(25)12-27-21(26)18-9-8-17(22)11-19(18)23/h6-11,13H,2-5,12H2,1H3,(H,24,25). The molecule has 0 saturated carbocycles. The van der Waals surface area contributed by atoms with Crippen molar-refractivity contribution < 1.29 is 23.1 Å². The first-order valence-electron chi connectivity index (χ1n) is 8.97. The number of carbonyl (C=O) groups is 2. The summed E-state index contributed by atoms with van der Waals surface area (Å²) in [6, 6.07) is 8.50. The van der Waals surface area contributed by atoms with Crippen LogP contribution in [0.25, 0.3) is 0 Å². The molecule has 0 spiro atoms. The van der Waals surface area contributed by atoms with Gasteiger partial charge in [0.25, 0.3) is 5.91 Å². The summed E-state index contributed by atoms with van der Waals surface area (Å²) in [7, 11) is 0. The molecular formula is C21H21F2NO3. The van der Waals surface area contributed by atoms with Crippen molar-refractivity contribution in [2.24, 2.45) is 0 Å². The first-order chi connectivity index (χ1) is 12.9. The number of halogens is 2. The lowest BCUT2D eigenvalue weighted by atomic mass is 9.89. The maximum atomic E-state index is 13.6. The van der Waals surface area contributed by atoms with Crippen LogP contribution in [0.2, 0.25) is 0 Å². The summed E-state index contributed by atoms with van der Waals surface area (Å²) >= 11 is 0. The minimum absolute atomic E-state index is 0.244. The second-order valence-electron chi connectivity index (χ2n) is 6.72. The first kappa shape index (κ1) is 19.0. The molecule has 0 aliphatic heterocycles. The maximum Gasteiger partial charge on any atom is 0.341 e. The highest BCUT2D eigenvalue weighted by molar-refractivity contribution is 5.91. The molecule has 1 N–H and O–H groups in total. The number of benzene rings is 2. The van der Waals surface area contributed by atoms with Gasteiger partial charge in [0.2, 0.25) is 0 Å². The molecule has 4 nitrogen and oxygen atoms in total. The lowest BCUT2D eigenvalue weighted by Crippen LogP contribution is -2.31. The number of esters is 1. The topological polar surface area (TPSA) is 55.4 Å². The molecule has 0 bridgehead atoms. The fourth-order valence-corrected chi connectivity index (χ4v) is 3.25. The van der Waals surface area contributed by atoms with Gasteiger partial charge in [0.1, 0.15) is 11.6 Å². The Morgan fingerprint density at radius 2 is 1.81 bits per heavy atom. The van der Waals surface area contributed by atoms with Crippen LogP contribution in [-0.4, -0.2) is 18.5 Å². The number of carbonyl (C=O) groups excluding carboxylic acids is 2. The molecule has 0 radical (unpaired) electrons. The Labute approximate surface area is 156 Å². The average molecular weight is 373 g/mol. The van der Waals surface area contributed by atoms with Crippen LogP contribution in [0.3, 0.4) is 0 Å². The molecule has 0 heterocycles. The Morgan fingerprint density at radius 3 is 2.56 bits per heavy atom. The van der Waals surface area contributed by atoms with Crippen LogP contribution in [0.1, 0.15) is 52.9 Å². The molecule has 1 aliphatic rings. The van der Waals surface area contributed by atoms with Crippen molar-refractivity contribution in [2.75, 3.05) is 6.61 Å². The van der Waals surface area contributed by atoms with Crippen LogP contribution in [0, 0.1) is 11.6 Å². The molecule has 142 valence electrons. The van der Waals surface area contributed by atoms with E-state index < -0.39 is 35.7 Å². The van der Waals surface area contributed by atoms with Crippen molar-refractivity contribution in [3.63, 3.8) is 0 Å². The van der Waals surface area contributed by atoms with E-state index in [2.05, 4.69) is 17.4 Å². The fourth-order valence-electron chi connectivity index (χ4n) is 3.25. The Morgan fingerprint density at radius 1 is 1.07 bits per heavy atom. The van der Waals surface area contributed by atoms with Crippen molar-refractivity contribution in [3.05, 3.63) is 70.3 Å². The number of ether oxygens (including phenoxy) is 1. The molecule has 3 rings (SSSR count). The zero-order valence-corrected chi connectivity index (χ0v) is 15.1. The van der Waals surface area contributed by atoms with Crippen LogP contribution in [-0.2, 0) is 22.4 Å². The molecule has 1 atom stereocenters. The van der Waals surface area contributed by atoms with Gasteiger partial charge >= 0.3 is 5.97 Å². The summed E-state index contributed by atoms with van der Waals surface area (Å²) in [5.74, 6) is -3.32. The highest BCUT2D eigenvalue weighted by Crippen LogP contribution is 2.24. The third-order valence-corrected chi connectivity index (χ3v) is 4.74. The van der Waals surface area contributed by atoms with Gasteiger partial charge in [-0.15, -0.1) is 0 Å². The molecule has 0 saturated heterocycles. The van der Waals surface area contributed by atoms with Gasteiger partial charge in [0.05, 0.1) is 11.6 Å². The van der Waals surface area contributed by atoms with Gasteiger partial charge in [-0.1, -0.05) is 18.2 Å². The minimum atomic E-state index is -1.03. The van der Waals surface area contributed by atoms with E-state index in [0.717, 1.165) is 30.5 Å². The first-order valence-corrected chi connectivity index (χ1v) is 8.97. The Hall–Kier alpha value is -2.76. The van der Waals surface area contributed by atoms with Crippen molar-refractivity contribution in [3.8, 4) is 0 Å². The van der Waals surface area contributed by atoms with Gasteiger partial charge in [-0.05, 0) is 61.4 Å². The number of hydrogen-bond acceptors (Lipinski definition) is 3. The highest BCUT2D eigenvalue weighted by Gasteiger charge is 2.17. The van der Waals surface area contributed by atoms with Crippen molar-refractivity contribution in [1.29, 1.82) is 0 Å². The fraction of sp³-hybridized carbons (Fsp3) is 0.333. The second kappa shape index (κ2) is 8.29. The van der Waals surface area contributed by atoms with Crippen molar-refractivity contribution >= 4 is 11.9 Å². The maximum absolute atomic E-state index is 13.6. The third-order valence-electron chi connectivity index (χ3n) is 4.74. The van der Waals surface area contributed by atoms with E-state index in [1.807, 2.05) is 13.0 Å². The third kappa shape index (κ3) is 4.70. The molecule has 0 aromatic heterocycles. The largest absolute Gasteiger partial charge is 0.452 e. The summed E-state index contributed by atoms with van der Waals surface area (Å²) in [6.07, 6.45) is 4.52. The van der Waals surface area contributed by atoms with Crippen LogP contribution in [0.15, 0.2) is 36.4 Å². The predicted octanol–water partition coefficient (Wildman–Crippen LogP) is 3.88. The Kier molecular flexibility index (Phi) is 5.84. The van der Waals surface area contributed by atoms with Gasteiger partial charge in [-0.2, -0.15) is 0 Å². The zero-order valence-electron chi connectivity index (χ0n) is 15.1. The summed E-state index contributed by atoms with van der Waals surface area (Å²) in [5, 5.41) is 2.76. The number of hydrogen-bond donors (Lipinski definition) is 1. The molecule has 1 aliphatic carbocycles. The normalized spacial score (nSPS) is 14.2. The lowest BCUT2D eigenvalue weighted by Gasteiger charge is -2.20. The Balaban J connectivity index is 1.55. The Bertz CT molecular complexity index is 867. The monoisotopic (exact) mass is 373 g/mol. The number of fused-ring (bicyclic) bond motifs is 1. The van der Waals surface area contributed by atoms with E-state index >= 15 is 0 Å². The smallest absolute Gasteiger partial charge is 0.341 e. The number of nitrogens with one attached hydrogen (secondary N) is 1. The van der Waals surface area contributed by atoms with Crippen LogP contribution < -0.4 is 5.32 Å². The van der Waals surface area contributed by atoms with Crippen LogP contribution >= 0.6 is 0 Å². The van der Waals surface area contributed by atoms with Crippen molar-refractivity contribution in [2.45, 2.75) is 38.6 Å². The van der Waals surface area contributed by atoms with Crippen molar-refractivity contribution in [1.82, 2.24) is 5.32 Å². The van der Waals surface area contributed by atoms with E-state index in [1.54, 1.807) is 0 Å². The number of rotatable bonds is 5. The quantitative estimate of drug-likeness (QED) is 0.810. The lowest BCUT2D eigenvalue weighted by molar-refractivity contribution is -0.124. The summed E-state index contributed by atoms with van der Waals surface area (Å²) < 4.78 is 31.3.